The van der Waals surface area contributed by atoms with Crippen LogP contribution in [0.2, 0.25) is 0 Å². The van der Waals surface area contributed by atoms with Gasteiger partial charge in [-0.05, 0) is 61.2 Å². The molecule has 8 heteroatoms. The van der Waals surface area contributed by atoms with Crippen molar-refractivity contribution >= 4 is 16.6 Å². The molecule has 1 radical (unpaired) electrons. The van der Waals surface area contributed by atoms with Crippen LogP contribution >= 0.6 is 0 Å². The maximum Gasteiger partial charge on any atom is 0.389 e. The number of pyridine rings is 1. The van der Waals surface area contributed by atoms with Crippen molar-refractivity contribution in [3.63, 3.8) is 0 Å². The number of ketones is 1. The van der Waals surface area contributed by atoms with Gasteiger partial charge in [0, 0.05) is 50.6 Å². The Hall–Kier alpha value is -2.57. The summed E-state index contributed by atoms with van der Waals surface area (Å²) in [4.78, 5) is 16.2. The Bertz CT molecular complexity index is 1320. The molecule has 1 aromatic heterocycles. The van der Waals surface area contributed by atoms with Crippen LogP contribution in [0, 0.1) is 31.7 Å². The van der Waals surface area contributed by atoms with E-state index in [2.05, 4.69) is 36.2 Å². The van der Waals surface area contributed by atoms with E-state index in [-0.39, 0.29) is 38.2 Å². The molecule has 3 aromatic rings. The van der Waals surface area contributed by atoms with E-state index in [4.69, 9.17) is 0 Å². The van der Waals surface area contributed by atoms with Crippen LogP contribution in [0.5, 0.6) is 0 Å². The van der Waals surface area contributed by atoms with E-state index in [1.165, 1.54) is 12.5 Å². The van der Waals surface area contributed by atoms with Crippen LogP contribution in [0.3, 0.4) is 0 Å². The molecule has 3 rings (SSSR count). The van der Waals surface area contributed by atoms with Crippen molar-refractivity contribution in [3.05, 3.63) is 77.2 Å². The largest absolute Gasteiger partial charge is 0.512 e. The molecular weight excluding hydrogens is 723 g/mol. The van der Waals surface area contributed by atoms with E-state index < -0.39 is 30.0 Å². The van der Waals surface area contributed by atoms with Crippen LogP contribution in [-0.4, -0.2) is 27.7 Å². The Morgan fingerprint density at radius 1 is 0.976 bits per heavy atom. The number of carbonyl (C=O) groups is 1. The number of aliphatic hydroxyl groups excluding tert-OH is 1. The van der Waals surface area contributed by atoms with Crippen molar-refractivity contribution in [2.24, 2.45) is 11.8 Å². The summed E-state index contributed by atoms with van der Waals surface area (Å²) in [5.41, 5.74) is 4.05. The van der Waals surface area contributed by atoms with Gasteiger partial charge in [-0.25, -0.2) is 4.39 Å². The van der Waals surface area contributed by atoms with Gasteiger partial charge in [0.2, 0.25) is 0 Å². The monoisotopic (exact) mass is 765 g/mol. The number of aryl methyl sites for hydroxylation is 2. The molecule has 0 saturated carbocycles. The molecule has 1 N–H and O–H groups in total. The fourth-order valence-electron chi connectivity index (χ4n) is 4.87. The molecule has 1 heterocycles. The number of alkyl halides is 4. The Kier molecular flexibility index (Phi) is 14.6. The maximum atomic E-state index is 13.9. The number of nitrogens with zero attached hydrogens (tertiary/aromatic N) is 1. The number of fused-ring (bicyclic) bond motifs is 1. The first-order valence-corrected chi connectivity index (χ1v) is 14.1. The average Bonchev–Trinajstić information content (AvgIpc) is 2.85. The standard InChI is InChI=1S/C21H21FN.C13H21F3O2.Ir/c1-14-9-15(2)11-18(10-14)20-19-6-5-16(13-21(3,4)22)12-17(19)7-8-23-20;1-4-9(5-2)11(17)7-12(18)10(6-3)8-13(14,15)16;/h5-10,12H,13H2,1-4H3;7,9-10,17H,4-6,8H2,1-3H3;/q-1;;/b;11-7-;. The molecule has 1 unspecified atom stereocenters. The second kappa shape index (κ2) is 16.3. The van der Waals surface area contributed by atoms with Gasteiger partial charge in [0.15, 0.2) is 5.78 Å². The van der Waals surface area contributed by atoms with Gasteiger partial charge < -0.3 is 10.1 Å². The summed E-state index contributed by atoms with van der Waals surface area (Å²) in [5.74, 6) is -2.00. The van der Waals surface area contributed by atoms with Gasteiger partial charge in [-0.3, -0.25) is 4.79 Å². The number of hydrogen-bond acceptors (Lipinski definition) is 3. The van der Waals surface area contributed by atoms with Crippen molar-refractivity contribution in [1.82, 2.24) is 4.98 Å². The first-order valence-electron chi connectivity index (χ1n) is 14.1. The summed E-state index contributed by atoms with van der Waals surface area (Å²) >= 11 is 0. The minimum atomic E-state index is -4.35. The third kappa shape index (κ3) is 12.0. The molecule has 0 spiro atoms. The molecule has 0 bridgehead atoms. The van der Waals surface area contributed by atoms with Gasteiger partial charge in [-0.15, -0.1) is 34.9 Å². The number of hydrogen-bond donors (Lipinski definition) is 1. The number of halogens is 4. The predicted octanol–water partition coefficient (Wildman–Crippen LogP) is 10.0. The van der Waals surface area contributed by atoms with Gasteiger partial charge >= 0.3 is 6.18 Å². The van der Waals surface area contributed by atoms with E-state index in [0.717, 1.165) is 39.2 Å². The Morgan fingerprint density at radius 3 is 2.12 bits per heavy atom. The van der Waals surface area contributed by atoms with E-state index in [1.807, 2.05) is 45.2 Å². The minimum absolute atomic E-state index is 0. The van der Waals surface area contributed by atoms with Crippen LogP contribution in [0.4, 0.5) is 17.6 Å². The average molecular weight is 765 g/mol. The second-order valence-electron chi connectivity index (χ2n) is 11.3. The minimum Gasteiger partial charge on any atom is -0.512 e. The van der Waals surface area contributed by atoms with Crippen LogP contribution in [0.1, 0.15) is 77.0 Å². The maximum absolute atomic E-state index is 13.9. The Balaban J connectivity index is 0.000000425. The fraction of sp³-hybridized carbons (Fsp3) is 0.471. The van der Waals surface area contributed by atoms with E-state index in [9.17, 15) is 27.5 Å². The molecule has 0 aliphatic carbocycles. The molecule has 0 saturated heterocycles. The van der Waals surface area contributed by atoms with E-state index >= 15 is 0 Å². The second-order valence-corrected chi connectivity index (χ2v) is 11.3. The molecule has 233 valence electrons. The summed E-state index contributed by atoms with van der Waals surface area (Å²) in [7, 11) is 0. The fourth-order valence-corrected chi connectivity index (χ4v) is 4.87. The van der Waals surface area contributed by atoms with Gasteiger partial charge in [-0.2, -0.15) is 13.2 Å². The molecule has 0 fully saturated rings. The third-order valence-corrected chi connectivity index (χ3v) is 6.92. The Morgan fingerprint density at radius 2 is 1.60 bits per heavy atom. The Labute approximate surface area is 261 Å². The molecule has 42 heavy (non-hydrogen) atoms. The van der Waals surface area contributed by atoms with Crippen molar-refractivity contribution < 1.29 is 47.6 Å². The molecular formula is C34H42F4IrNO2-. The van der Waals surface area contributed by atoms with Gasteiger partial charge in [0.1, 0.15) is 5.67 Å². The topological polar surface area (TPSA) is 50.2 Å². The van der Waals surface area contributed by atoms with E-state index in [1.54, 1.807) is 13.8 Å². The predicted molar refractivity (Wildman–Crippen MR) is 159 cm³/mol. The molecule has 1 atom stereocenters. The summed E-state index contributed by atoms with van der Waals surface area (Å²) < 4.78 is 50.6. The number of carbonyl (C=O) groups excluding carboxylic acids is 1. The van der Waals surface area contributed by atoms with Crippen molar-refractivity contribution in [2.45, 2.75) is 92.4 Å². The summed E-state index contributed by atoms with van der Waals surface area (Å²) in [6.07, 6.45) is -0.861. The number of aliphatic hydroxyl groups is 1. The van der Waals surface area contributed by atoms with Crippen molar-refractivity contribution in [3.8, 4) is 11.3 Å². The summed E-state index contributed by atoms with van der Waals surface area (Å²) in [5, 5.41) is 11.8. The van der Waals surface area contributed by atoms with Crippen LogP contribution in [-0.2, 0) is 31.3 Å². The SMILES string of the molecule is CCC(CC(F)(F)F)C(=O)/C=C(\O)C(CC)CC.Cc1[c-]c(-c2nccc3cc(CC(C)(C)F)ccc23)cc(C)c1.[Ir]. The summed E-state index contributed by atoms with van der Waals surface area (Å²) in [6, 6.07) is 15.7. The molecule has 2 aromatic carbocycles. The number of aromatic nitrogens is 1. The normalized spacial score (nSPS) is 12.9. The van der Waals surface area contributed by atoms with Crippen molar-refractivity contribution in [1.29, 1.82) is 0 Å². The van der Waals surface area contributed by atoms with Gasteiger partial charge in [0.25, 0.3) is 0 Å². The van der Waals surface area contributed by atoms with E-state index in [0.29, 0.717) is 19.3 Å². The first kappa shape index (κ1) is 37.5. The number of rotatable bonds is 10. The van der Waals surface area contributed by atoms with Crippen LogP contribution in [0.25, 0.3) is 22.0 Å². The molecule has 0 aliphatic heterocycles. The van der Waals surface area contributed by atoms with Gasteiger partial charge in [-0.1, -0.05) is 52.8 Å². The zero-order valence-electron chi connectivity index (χ0n) is 25.5. The quantitative estimate of drug-likeness (QED) is 0.0969. The summed E-state index contributed by atoms with van der Waals surface area (Å²) in [6.45, 7) is 12.6. The zero-order valence-corrected chi connectivity index (χ0v) is 27.9. The van der Waals surface area contributed by atoms with Crippen molar-refractivity contribution in [2.75, 3.05) is 0 Å². The third-order valence-electron chi connectivity index (χ3n) is 6.92. The smallest absolute Gasteiger partial charge is 0.389 e. The van der Waals surface area contributed by atoms with Crippen LogP contribution < -0.4 is 0 Å². The molecule has 3 nitrogen and oxygen atoms in total. The number of benzene rings is 2. The van der Waals surface area contributed by atoms with Gasteiger partial charge in [0.05, 0.1) is 12.2 Å². The van der Waals surface area contributed by atoms with Crippen LogP contribution in [0.15, 0.2) is 54.4 Å². The zero-order chi connectivity index (χ0) is 31.0. The number of allylic oxidation sites excluding steroid dienone is 2. The first-order chi connectivity index (χ1) is 19.1. The molecule has 0 aliphatic rings. The molecule has 0 amide bonds.